The van der Waals surface area contributed by atoms with Gasteiger partial charge in [0, 0.05) is 50.5 Å². The maximum atomic E-state index is 4.56. The number of unbranched alkanes of at least 4 members (excludes halogenated alkanes) is 1. The van der Waals surface area contributed by atoms with E-state index >= 15 is 0 Å². The number of aromatic amines is 1. The Morgan fingerprint density at radius 1 is 1.19 bits per heavy atom. The predicted octanol–water partition coefficient (Wildman–Crippen LogP) is 3.78. The average Bonchev–Trinajstić information content (AvgIpc) is 3.13. The van der Waals surface area contributed by atoms with Crippen molar-refractivity contribution < 1.29 is 0 Å². The Morgan fingerprint density at radius 2 is 2.08 bits per heavy atom. The van der Waals surface area contributed by atoms with Gasteiger partial charge in [-0.15, -0.1) is 0 Å². The fourth-order valence-corrected chi connectivity index (χ4v) is 4.50. The van der Waals surface area contributed by atoms with Crippen LogP contribution in [0.15, 0.2) is 30.5 Å². The highest BCUT2D eigenvalue weighted by atomic mass is 15.2. The molecule has 1 atom stereocenters. The molecule has 0 radical (unpaired) electrons. The lowest BCUT2D eigenvalue weighted by atomic mass is 9.96. The fraction of sp³-hybridized carbons (Fsp3) is 0.591. The molecule has 26 heavy (non-hydrogen) atoms. The number of benzene rings is 1. The molecule has 0 saturated carbocycles. The molecular formula is C22H32N4. The maximum absolute atomic E-state index is 4.56. The number of aromatic nitrogens is 2. The lowest BCUT2D eigenvalue weighted by Gasteiger charge is -2.41. The molecule has 140 valence electrons. The summed E-state index contributed by atoms with van der Waals surface area (Å²) >= 11 is 0. The number of imidazole rings is 1. The van der Waals surface area contributed by atoms with Gasteiger partial charge in [-0.1, -0.05) is 37.6 Å². The number of nitrogens with one attached hydrogen (secondary N) is 1. The van der Waals surface area contributed by atoms with E-state index in [0.717, 1.165) is 25.3 Å². The number of piperidine rings is 1. The predicted molar refractivity (Wildman–Crippen MR) is 106 cm³/mol. The van der Waals surface area contributed by atoms with E-state index in [4.69, 9.17) is 0 Å². The quantitative estimate of drug-likeness (QED) is 0.859. The zero-order valence-corrected chi connectivity index (χ0v) is 16.1. The Hall–Kier alpha value is -1.65. The molecule has 4 rings (SSSR count). The van der Waals surface area contributed by atoms with E-state index in [1.165, 1.54) is 63.0 Å². The van der Waals surface area contributed by atoms with Gasteiger partial charge in [0.25, 0.3) is 0 Å². The first-order chi connectivity index (χ1) is 12.8. The highest BCUT2D eigenvalue weighted by Gasteiger charge is 2.28. The fourth-order valence-electron chi connectivity index (χ4n) is 4.50. The Bertz CT molecular complexity index is 708. The van der Waals surface area contributed by atoms with E-state index in [2.05, 4.69) is 51.0 Å². The first-order valence-electron chi connectivity index (χ1n) is 10.4. The molecule has 0 aliphatic carbocycles. The maximum Gasteiger partial charge on any atom is 0.106 e. The van der Waals surface area contributed by atoms with Crippen molar-refractivity contribution in [3.05, 3.63) is 53.1 Å². The van der Waals surface area contributed by atoms with Crippen molar-refractivity contribution >= 4 is 0 Å². The van der Waals surface area contributed by atoms with Gasteiger partial charge >= 0.3 is 0 Å². The summed E-state index contributed by atoms with van der Waals surface area (Å²) in [6.07, 6.45) is 9.41. The van der Waals surface area contributed by atoms with E-state index in [0.29, 0.717) is 6.04 Å². The molecule has 0 spiro atoms. The molecule has 1 aromatic carbocycles. The van der Waals surface area contributed by atoms with Crippen LogP contribution in [0.1, 0.15) is 55.3 Å². The van der Waals surface area contributed by atoms with Crippen molar-refractivity contribution in [2.45, 2.75) is 64.6 Å². The summed E-state index contributed by atoms with van der Waals surface area (Å²) in [6, 6.07) is 9.66. The Balaban J connectivity index is 1.34. The Morgan fingerprint density at radius 3 is 2.96 bits per heavy atom. The molecule has 2 aliphatic rings. The summed E-state index contributed by atoms with van der Waals surface area (Å²) in [5.74, 6) is 1.16. The van der Waals surface area contributed by atoms with E-state index in [-0.39, 0.29) is 0 Å². The minimum absolute atomic E-state index is 0.694. The molecule has 2 aliphatic heterocycles. The first-order valence-corrected chi connectivity index (χ1v) is 10.4. The molecule has 1 saturated heterocycles. The average molecular weight is 353 g/mol. The number of nitrogens with zero attached hydrogens (tertiary/aromatic N) is 3. The number of aryl methyl sites for hydroxylation is 1. The Kier molecular flexibility index (Phi) is 5.71. The van der Waals surface area contributed by atoms with Crippen LogP contribution in [-0.2, 0) is 25.9 Å². The molecule has 0 amide bonds. The van der Waals surface area contributed by atoms with Crippen LogP contribution in [0.5, 0.6) is 0 Å². The highest BCUT2D eigenvalue weighted by molar-refractivity contribution is 5.29. The molecule has 3 heterocycles. The summed E-state index contributed by atoms with van der Waals surface area (Å²) in [4.78, 5) is 13.4. The minimum Gasteiger partial charge on any atom is -0.345 e. The summed E-state index contributed by atoms with van der Waals surface area (Å²) in [5.41, 5.74) is 4.36. The van der Waals surface area contributed by atoms with Gasteiger partial charge in [0.15, 0.2) is 0 Å². The third kappa shape index (κ3) is 4.18. The number of likely N-dealkylation sites (tertiary alicyclic amines) is 1. The summed E-state index contributed by atoms with van der Waals surface area (Å²) in [6.45, 7) is 7.98. The van der Waals surface area contributed by atoms with Crippen molar-refractivity contribution in [1.29, 1.82) is 0 Å². The molecule has 1 fully saturated rings. The van der Waals surface area contributed by atoms with Crippen molar-refractivity contribution in [3.63, 3.8) is 0 Å². The van der Waals surface area contributed by atoms with Crippen LogP contribution in [0.25, 0.3) is 0 Å². The van der Waals surface area contributed by atoms with Crippen molar-refractivity contribution in [1.82, 2.24) is 19.8 Å². The largest absolute Gasteiger partial charge is 0.345 e. The molecule has 1 N–H and O–H groups in total. The number of hydrogen-bond acceptors (Lipinski definition) is 3. The second kappa shape index (κ2) is 8.36. The number of rotatable bonds is 6. The third-order valence-corrected chi connectivity index (χ3v) is 6.00. The van der Waals surface area contributed by atoms with E-state index < -0.39 is 0 Å². The lowest BCUT2D eigenvalue weighted by molar-refractivity contribution is 0.0833. The minimum atomic E-state index is 0.694. The van der Waals surface area contributed by atoms with Crippen LogP contribution in [0.2, 0.25) is 0 Å². The molecular weight excluding hydrogens is 320 g/mol. The topological polar surface area (TPSA) is 35.2 Å². The zero-order valence-electron chi connectivity index (χ0n) is 16.1. The van der Waals surface area contributed by atoms with E-state index in [1.54, 1.807) is 5.56 Å². The van der Waals surface area contributed by atoms with Gasteiger partial charge in [0.2, 0.25) is 0 Å². The smallest absolute Gasteiger partial charge is 0.106 e. The third-order valence-electron chi connectivity index (χ3n) is 6.00. The van der Waals surface area contributed by atoms with E-state index in [1.807, 2.05) is 6.20 Å². The summed E-state index contributed by atoms with van der Waals surface area (Å²) in [5, 5.41) is 0. The molecule has 4 heteroatoms. The Labute approximate surface area is 157 Å². The SMILES string of the molecule is CCCCc1ncc(CN2CCCC(N3CCc4ccccc4C3)C2)[nH]1. The number of fused-ring (bicyclic) bond motifs is 1. The number of hydrogen-bond donors (Lipinski definition) is 1. The summed E-state index contributed by atoms with van der Waals surface area (Å²) < 4.78 is 0. The van der Waals surface area contributed by atoms with Gasteiger partial charge in [-0.25, -0.2) is 4.98 Å². The molecule has 2 aromatic rings. The second-order valence-corrected chi connectivity index (χ2v) is 7.98. The van der Waals surface area contributed by atoms with Crippen LogP contribution in [0.4, 0.5) is 0 Å². The van der Waals surface area contributed by atoms with Crippen molar-refractivity contribution in [2.24, 2.45) is 0 Å². The van der Waals surface area contributed by atoms with Gasteiger partial charge in [-0.05, 0) is 43.4 Å². The van der Waals surface area contributed by atoms with Gasteiger partial charge in [0.1, 0.15) is 5.82 Å². The van der Waals surface area contributed by atoms with Crippen LogP contribution in [0, 0.1) is 0 Å². The molecule has 0 bridgehead atoms. The van der Waals surface area contributed by atoms with Crippen LogP contribution >= 0.6 is 0 Å². The van der Waals surface area contributed by atoms with Crippen LogP contribution in [-0.4, -0.2) is 45.4 Å². The van der Waals surface area contributed by atoms with Gasteiger partial charge < -0.3 is 4.98 Å². The number of H-pyrrole nitrogens is 1. The lowest BCUT2D eigenvalue weighted by Crippen LogP contribution is -2.49. The van der Waals surface area contributed by atoms with Crippen LogP contribution in [0.3, 0.4) is 0 Å². The molecule has 1 aromatic heterocycles. The van der Waals surface area contributed by atoms with Gasteiger partial charge in [-0.2, -0.15) is 0 Å². The first kappa shape index (κ1) is 17.7. The van der Waals surface area contributed by atoms with Crippen LogP contribution < -0.4 is 0 Å². The second-order valence-electron chi connectivity index (χ2n) is 7.98. The highest BCUT2D eigenvalue weighted by Crippen LogP contribution is 2.25. The monoisotopic (exact) mass is 352 g/mol. The van der Waals surface area contributed by atoms with Crippen molar-refractivity contribution in [3.8, 4) is 0 Å². The standard InChI is InChI=1S/C22H32N4/c1-2-3-10-22-23-14-20(24-22)16-25-12-6-9-21(17-25)26-13-11-18-7-4-5-8-19(18)15-26/h4-5,7-8,14,21H,2-3,6,9-13,15-17H2,1H3,(H,23,24). The van der Waals surface area contributed by atoms with E-state index in [9.17, 15) is 0 Å². The normalized spacial score (nSPS) is 21.7. The summed E-state index contributed by atoms with van der Waals surface area (Å²) in [7, 11) is 0. The zero-order chi connectivity index (χ0) is 17.8. The molecule has 4 nitrogen and oxygen atoms in total. The van der Waals surface area contributed by atoms with Crippen molar-refractivity contribution in [2.75, 3.05) is 19.6 Å². The van der Waals surface area contributed by atoms with Gasteiger partial charge in [0.05, 0.1) is 0 Å². The molecule has 1 unspecified atom stereocenters. The van der Waals surface area contributed by atoms with Gasteiger partial charge in [-0.3, -0.25) is 9.80 Å².